The van der Waals surface area contributed by atoms with E-state index in [0.29, 0.717) is 6.54 Å². The fraction of sp³-hybridized carbons (Fsp3) is 0.188. The highest BCUT2D eigenvalue weighted by Crippen LogP contribution is 2.21. The zero-order valence-electron chi connectivity index (χ0n) is 10.5. The summed E-state index contributed by atoms with van der Waals surface area (Å²) in [5.41, 5.74) is 3.25. The number of benzene rings is 2. The van der Waals surface area contributed by atoms with Crippen LogP contribution in [0.5, 0.6) is 0 Å². The van der Waals surface area contributed by atoms with Crippen LogP contribution in [-0.4, -0.2) is 17.4 Å². The van der Waals surface area contributed by atoms with E-state index in [-0.39, 0.29) is 5.91 Å². The lowest BCUT2D eigenvalue weighted by Crippen LogP contribution is -2.37. The van der Waals surface area contributed by atoms with Gasteiger partial charge in [-0.25, -0.2) is 0 Å². The average Bonchev–Trinajstić information content (AvgIpc) is 2.44. The minimum atomic E-state index is 0.154. The van der Waals surface area contributed by atoms with Gasteiger partial charge < -0.3 is 4.90 Å². The third-order valence-corrected chi connectivity index (χ3v) is 4.56. The molecule has 0 radical (unpaired) electrons. The molecule has 1 heterocycles. The van der Waals surface area contributed by atoms with Crippen molar-refractivity contribution in [3.63, 3.8) is 0 Å². The first kappa shape index (κ1) is 12.7. The highest BCUT2D eigenvalue weighted by Gasteiger charge is 2.23. The van der Waals surface area contributed by atoms with E-state index in [0.717, 1.165) is 18.5 Å². The SMILES string of the molecule is O=C1c2ccccc2CCN1Cc1ccccc1I. The van der Waals surface area contributed by atoms with E-state index >= 15 is 0 Å². The van der Waals surface area contributed by atoms with Gasteiger partial charge in [-0.3, -0.25) is 4.79 Å². The molecule has 0 spiro atoms. The molecule has 2 aromatic carbocycles. The Hall–Kier alpha value is -1.36. The molecule has 2 nitrogen and oxygen atoms in total. The second-order valence-corrected chi connectivity index (χ2v) is 5.89. The Morgan fingerprint density at radius 2 is 1.79 bits per heavy atom. The molecule has 3 heteroatoms. The van der Waals surface area contributed by atoms with Crippen molar-refractivity contribution < 1.29 is 4.79 Å². The normalized spacial score (nSPS) is 14.4. The Bertz CT molecular complexity index is 624. The maximum atomic E-state index is 12.5. The van der Waals surface area contributed by atoms with Crippen LogP contribution in [0.3, 0.4) is 0 Å². The minimum absolute atomic E-state index is 0.154. The first-order valence-corrected chi connectivity index (χ1v) is 7.44. The number of halogens is 1. The smallest absolute Gasteiger partial charge is 0.254 e. The first-order valence-electron chi connectivity index (χ1n) is 6.36. The predicted molar refractivity (Wildman–Crippen MR) is 84.0 cm³/mol. The molecule has 1 amide bonds. The minimum Gasteiger partial charge on any atom is -0.334 e. The Labute approximate surface area is 126 Å². The number of carbonyl (C=O) groups excluding carboxylic acids is 1. The molecule has 1 aliphatic heterocycles. The molecule has 0 aromatic heterocycles. The van der Waals surface area contributed by atoms with E-state index in [1.807, 2.05) is 35.2 Å². The van der Waals surface area contributed by atoms with Crippen LogP contribution in [-0.2, 0) is 13.0 Å². The summed E-state index contributed by atoms with van der Waals surface area (Å²) in [6, 6.07) is 16.2. The molecule has 1 aliphatic rings. The summed E-state index contributed by atoms with van der Waals surface area (Å²) in [4.78, 5) is 14.4. The summed E-state index contributed by atoms with van der Waals surface area (Å²) < 4.78 is 1.21. The fourth-order valence-electron chi connectivity index (χ4n) is 2.46. The van der Waals surface area contributed by atoms with Crippen LogP contribution in [0.15, 0.2) is 48.5 Å². The molecule has 0 fully saturated rings. The quantitative estimate of drug-likeness (QED) is 0.748. The van der Waals surface area contributed by atoms with Crippen LogP contribution in [0.4, 0.5) is 0 Å². The molecule has 2 aromatic rings. The van der Waals surface area contributed by atoms with Crippen LogP contribution >= 0.6 is 22.6 Å². The Balaban J connectivity index is 1.85. The Morgan fingerprint density at radius 1 is 1.05 bits per heavy atom. The third kappa shape index (κ3) is 2.52. The van der Waals surface area contributed by atoms with Gasteiger partial charge >= 0.3 is 0 Å². The van der Waals surface area contributed by atoms with Gasteiger partial charge in [0.2, 0.25) is 0 Å². The van der Waals surface area contributed by atoms with Gasteiger partial charge in [-0.1, -0.05) is 36.4 Å². The average molecular weight is 363 g/mol. The number of hydrogen-bond donors (Lipinski definition) is 0. The summed E-state index contributed by atoms with van der Waals surface area (Å²) in [6.45, 7) is 1.51. The number of amides is 1. The van der Waals surface area contributed by atoms with Gasteiger partial charge in [0.1, 0.15) is 0 Å². The molecule has 0 bridgehead atoms. The van der Waals surface area contributed by atoms with E-state index in [1.165, 1.54) is 14.7 Å². The van der Waals surface area contributed by atoms with E-state index in [2.05, 4.69) is 40.8 Å². The summed E-state index contributed by atoms with van der Waals surface area (Å²) in [5.74, 6) is 0.154. The number of rotatable bonds is 2. The molecule has 0 aliphatic carbocycles. The van der Waals surface area contributed by atoms with Crippen molar-refractivity contribution >= 4 is 28.5 Å². The summed E-state index contributed by atoms with van der Waals surface area (Å²) in [6.07, 6.45) is 0.950. The number of hydrogen-bond acceptors (Lipinski definition) is 1. The number of carbonyl (C=O) groups is 1. The van der Waals surface area contributed by atoms with Gasteiger partial charge in [-0.15, -0.1) is 0 Å². The largest absolute Gasteiger partial charge is 0.334 e. The molecule has 0 unspecified atom stereocenters. The zero-order valence-corrected chi connectivity index (χ0v) is 12.6. The van der Waals surface area contributed by atoms with Gasteiger partial charge in [0.25, 0.3) is 5.91 Å². The van der Waals surface area contributed by atoms with Gasteiger partial charge in [-0.05, 0) is 52.3 Å². The van der Waals surface area contributed by atoms with E-state index in [1.54, 1.807) is 0 Å². The fourth-order valence-corrected chi connectivity index (χ4v) is 3.02. The van der Waals surface area contributed by atoms with Crippen LogP contribution in [0, 0.1) is 3.57 Å². The zero-order chi connectivity index (χ0) is 13.2. The lowest BCUT2D eigenvalue weighted by Gasteiger charge is -2.29. The molecule has 3 rings (SSSR count). The number of fused-ring (bicyclic) bond motifs is 1. The highest BCUT2D eigenvalue weighted by molar-refractivity contribution is 14.1. The summed E-state index contributed by atoms with van der Waals surface area (Å²) in [5, 5.41) is 0. The van der Waals surface area contributed by atoms with Crippen molar-refractivity contribution in [2.24, 2.45) is 0 Å². The molecule has 96 valence electrons. The lowest BCUT2D eigenvalue weighted by atomic mass is 9.99. The van der Waals surface area contributed by atoms with Crippen molar-refractivity contribution in [3.05, 3.63) is 68.8 Å². The monoisotopic (exact) mass is 363 g/mol. The van der Waals surface area contributed by atoms with Crippen LogP contribution in [0.2, 0.25) is 0 Å². The Morgan fingerprint density at radius 3 is 2.63 bits per heavy atom. The highest BCUT2D eigenvalue weighted by atomic mass is 127. The second-order valence-electron chi connectivity index (χ2n) is 4.73. The van der Waals surface area contributed by atoms with Crippen LogP contribution in [0.1, 0.15) is 21.5 Å². The van der Waals surface area contributed by atoms with Crippen molar-refractivity contribution in [1.29, 1.82) is 0 Å². The van der Waals surface area contributed by atoms with Gasteiger partial charge in [0, 0.05) is 22.2 Å². The maximum absolute atomic E-state index is 12.5. The van der Waals surface area contributed by atoms with Crippen molar-refractivity contribution in [2.75, 3.05) is 6.54 Å². The van der Waals surface area contributed by atoms with Gasteiger partial charge in [-0.2, -0.15) is 0 Å². The van der Waals surface area contributed by atoms with Crippen LogP contribution < -0.4 is 0 Å². The molecule has 0 N–H and O–H groups in total. The predicted octanol–water partition coefficient (Wildman–Crippen LogP) is 3.49. The molecule has 0 saturated carbocycles. The lowest BCUT2D eigenvalue weighted by molar-refractivity contribution is 0.0726. The van der Waals surface area contributed by atoms with E-state index in [9.17, 15) is 4.79 Å². The van der Waals surface area contributed by atoms with Crippen molar-refractivity contribution in [3.8, 4) is 0 Å². The van der Waals surface area contributed by atoms with Crippen molar-refractivity contribution in [1.82, 2.24) is 4.90 Å². The van der Waals surface area contributed by atoms with Gasteiger partial charge in [0.15, 0.2) is 0 Å². The van der Waals surface area contributed by atoms with E-state index in [4.69, 9.17) is 0 Å². The number of nitrogens with zero attached hydrogens (tertiary/aromatic N) is 1. The van der Waals surface area contributed by atoms with E-state index < -0.39 is 0 Å². The van der Waals surface area contributed by atoms with Gasteiger partial charge in [0.05, 0.1) is 0 Å². The summed E-state index contributed by atoms with van der Waals surface area (Å²) >= 11 is 2.33. The molecular formula is C16H14INO. The molecule has 19 heavy (non-hydrogen) atoms. The third-order valence-electron chi connectivity index (χ3n) is 3.51. The topological polar surface area (TPSA) is 20.3 Å². The second kappa shape index (κ2) is 5.33. The molecule has 0 atom stereocenters. The summed E-state index contributed by atoms with van der Waals surface area (Å²) in [7, 11) is 0. The molecular weight excluding hydrogens is 349 g/mol. The van der Waals surface area contributed by atoms with Crippen LogP contribution in [0.25, 0.3) is 0 Å². The molecule has 0 saturated heterocycles. The first-order chi connectivity index (χ1) is 9.25. The Kier molecular flexibility index (Phi) is 3.55. The maximum Gasteiger partial charge on any atom is 0.254 e. The van der Waals surface area contributed by atoms with Crippen molar-refractivity contribution in [2.45, 2.75) is 13.0 Å². The standard InChI is InChI=1S/C16H14INO/c17-15-8-4-2-6-13(15)11-18-10-9-12-5-1-3-7-14(12)16(18)19/h1-8H,9-11H2.